The zero-order valence-corrected chi connectivity index (χ0v) is 14.3. The SMILES string of the molecule is NC(=O)Nc1ccc(CNc2ccc([N+](=O)[O-])c(-c3ccccc3)n2)cc1. The van der Waals surface area contributed by atoms with Gasteiger partial charge >= 0.3 is 6.03 Å². The van der Waals surface area contributed by atoms with E-state index in [2.05, 4.69) is 15.6 Å². The van der Waals surface area contributed by atoms with Gasteiger partial charge in [-0.2, -0.15) is 0 Å². The Kier molecular flexibility index (Phi) is 5.27. The summed E-state index contributed by atoms with van der Waals surface area (Å²) in [5.74, 6) is 0.527. The van der Waals surface area contributed by atoms with Gasteiger partial charge in [0.05, 0.1) is 4.92 Å². The molecule has 0 aliphatic rings. The zero-order valence-electron chi connectivity index (χ0n) is 14.3. The number of benzene rings is 2. The predicted octanol–water partition coefficient (Wildman–Crippen LogP) is 3.76. The minimum Gasteiger partial charge on any atom is -0.366 e. The van der Waals surface area contributed by atoms with Crippen LogP contribution in [-0.2, 0) is 6.54 Å². The van der Waals surface area contributed by atoms with Crippen molar-refractivity contribution in [2.45, 2.75) is 6.54 Å². The number of nitro groups is 1. The first kappa shape index (κ1) is 17.9. The molecule has 0 saturated carbocycles. The van der Waals surface area contributed by atoms with Crippen LogP contribution in [0.2, 0.25) is 0 Å². The van der Waals surface area contributed by atoms with Crippen molar-refractivity contribution in [3.05, 3.63) is 82.4 Å². The summed E-state index contributed by atoms with van der Waals surface area (Å²) < 4.78 is 0. The highest BCUT2D eigenvalue weighted by atomic mass is 16.6. The smallest absolute Gasteiger partial charge is 0.316 e. The lowest BCUT2D eigenvalue weighted by atomic mass is 10.1. The van der Waals surface area contributed by atoms with Gasteiger partial charge in [-0.05, 0) is 23.8 Å². The number of hydrogen-bond donors (Lipinski definition) is 3. The maximum atomic E-state index is 11.3. The summed E-state index contributed by atoms with van der Waals surface area (Å²) in [7, 11) is 0. The molecular formula is C19H17N5O3. The molecule has 3 aromatic rings. The molecule has 2 aromatic carbocycles. The third kappa shape index (κ3) is 4.57. The third-order valence-corrected chi connectivity index (χ3v) is 3.81. The van der Waals surface area contributed by atoms with Crippen LogP contribution < -0.4 is 16.4 Å². The van der Waals surface area contributed by atoms with E-state index >= 15 is 0 Å². The number of anilines is 2. The molecule has 1 aromatic heterocycles. The first-order valence-corrected chi connectivity index (χ1v) is 8.13. The van der Waals surface area contributed by atoms with E-state index in [1.54, 1.807) is 30.3 Å². The standard InChI is InChI=1S/C19H17N5O3/c20-19(25)22-15-8-6-13(7-9-15)12-21-17-11-10-16(24(26)27)18(23-17)14-4-2-1-3-5-14/h1-11H,12H2,(H,21,23)(H3,20,22,25). The largest absolute Gasteiger partial charge is 0.366 e. The van der Waals surface area contributed by atoms with Crippen molar-refractivity contribution in [1.82, 2.24) is 4.98 Å². The normalized spacial score (nSPS) is 10.2. The number of urea groups is 1. The number of amides is 2. The summed E-state index contributed by atoms with van der Waals surface area (Å²) in [5, 5.41) is 16.9. The fourth-order valence-electron chi connectivity index (χ4n) is 2.55. The monoisotopic (exact) mass is 363 g/mol. The molecule has 0 atom stereocenters. The second-order valence-corrected chi connectivity index (χ2v) is 5.73. The lowest BCUT2D eigenvalue weighted by molar-refractivity contribution is -0.384. The number of primary amides is 1. The second kappa shape index (κ2) is 7.96. The molecule has 2 amide bonds. The average molecular weight is 363 g/mol. The highest BCUT2D eigenvalue weighted by Gasteiger charge is 2.17. The predicted molar refractivity (Wildman–Crippen MR) is 103 cm³/mol. The van der Waals surface area contributed by atoms with Crippen molar-refractivity contribution in [3.8, 4) is 11.3 Å². The van der Waals surface area contributed by atoms with Gasteiger partial charge in [-0.1, -0.05) is 42.5 Å². The molecule has 136 valence electrons. The Morgan fingerprint density at radius 2 is 1.74 bits per heavy atom. The van der Waals surface area contributed by atoms with Crippen LogP contribution in [0.15, 0.2) is 66.7 Å². The summed E-state index contributed by atoms with van der Waals surface area (Å²) in [6, 6.07) is 18.6. The van der Waals surface area contributed by atoms with Gasteiger partial charge in [-0.3, -0.25) is 10.1 Å². The second-order valence-electron chi connectivity index (χ2n) is 5.73. The molecule has 0 saturated heterocycles. The molecule has 4 N–H and O–H groups in total. The number of aromatic nitrogens is 1. The van der Waals surface area contributed by atoms with Crippen LogP contribution >= 0.6 is 0 Å². The van der Waals surface area contributed by atoms with Gasteiger partial charge in [0.1, 0.15) is 5.82 Å². The molecule has 0 aliphatic carbocycles. The van der Waals surface area contributed by atoms with Crippen molar-refractivity contribution in [3.63, 3.8) is 0 Å². The van der Waals surface area contributed by atoms with Crippen LogP contribution in [0.1, 0.15) is 5.56 Å². The molecular weight excluding hydrogens is 346 g/mol. The van der Waals surface area contributed by atoms with Crippen molar-refractivity contribution < 1.29 is 9.72 Å². The lowest BCUT2D eigenvalue weighted by Crippen LogP contribution is -2.19. The zero-order chi connectivity index (χ0) is 19.2. The summed E-state index contributed by atoms with van der Waals surface area (Å²) in [6.07, 6.45) is 0. The minimum atomic E-state index is -0.621. The van der Waals surface area contributed by atoms with Crippen molar-refractivity contribution in [2.24, 2.45) is 5.73 Å². The quantitative estimate of drug-likeness (QED) is 0.454. The molecule has 0 unspecified atom stereocenters. The highest BCUT2D eigenvalue weighted by Crippen LogP contribution is 2.29. The van der Waals surface area contributed by atoms with E-state index in [4.69, 9.17) is 5.73 Å². The van der Waals surface area contributed by atoms with E-state index in [9.17, 15) is 14.9 Å². The Morgan fingerprint density at radius 1 is 1.04 bits per heavy atom. The first-order valence-electron chi connectivity index (χ1n) is 8.13. The number of nitrogens with zero attached hydrogens (tertiary/aromatic N) is 2. The topological polar surface area (TPSA) is 123 Å². The number of pyridine rings is 1. The maximum Gasteiger partial charge on any atom is 0.316 e. The van der Waals surface area contributed by atoms with Gasteiger partial charge in [0.25, 0.3) is 5.69 Å². The molecule has 0 fully saturated rings. The average Bonchev–Trinajstić information content (AvgIpc) is 2.67. The third-order valence-electron chi connectivity index (χ3n) is 3.81. The number of carbonyl (C=O) groups is 1. The molecule has 0 radical (unpaired) electrons. The molecule has 27 heavy (non-hydrogen) atoms. The number of carbonyl (C=O) groups excluding carboxylic acids is 1. The Hall–Kier alpha value is -3.94. The van der Waals surface area contributed by atoms with Gasteiger partial charge in [-0.15, -0.1) is 0 Å². The Morgan fingerprint density at radius 3 is 2.37 bits per heavy atom. The van der Waals surface area contributed by atoms with E-state index in [0.29, 0.717) is 29.3 Å². The number of nitrogens with one attached hydrogen (secondary N) is 2. The van der Waals surface area contributed by atoms with Crippen molar-refractivity contribution in [1.29, 1.82) is 0 Å². The fourth-order valence-corrected chi connectivity index (χ4v) is 2.55. The Bertz CT molecular complexity index is 959. The molecule has 8 heteroatoms. The first-order chi connectivity index (χ1) is 13.0. The summed E-state index contributed by atoms with van der Waals surface area (Å²) in [4.78, 5) is 26.1. The van der Waals surface area contributed by atoms with Crippen LogP contribution in [0.3, 0.4) is 0 Å². The molecule has 0 spiro atoms. The van der Waals surface area contributed by atoms with Crippen LogP contribution in [-0.4, -0.2) is 15.9 Å². The van der Waals surface area contributed by atoms with Crippen LogP contribution in [0.5, 0.6) is 0 Å². The van der Waals surface area contributed by atoms with E-state index in [1.807, 2.05) is 30.3 Å². The van der Waals surface area contributed by atoms with E-state index in [0.717, 1.165) is 5.56 Å². The fraction of sp³-hybridized carbons (Fsp3) is 0.0526. The summed E-state index contributed by atoms with van der Waals surface area (Å²) in [6.45, 7) is 0.468. The summed E-state index contributed by atoms with van der Waals surface area (Å²) in [5.41, 5.74) is 7.57. The van der Waals surface area contributed by atoms with Crippen LogP contribution in [0, 0.1) is 10.1 Å². The van der Waals surface area contributed by atoms with Crippen LogP contribution in [0.4, 0.5) is 22.0 Å². The molecule has 1 heterocycles. The molecule has 0 bridgehead atoms. The maximum absolute atomic E-state index is 11.3. The van der Waals surface area contributed by atoms with E-state index < -0.39 is 11.0 Å². The summed E-state index contributed by atoms with van der Waals surface area (Å²) >= 11 is 0. The molecule has 3 rings (SSSR count). The van der Waals surface area contributed by atoms with Gasteiger partial charge in [0.15, 0.2) is 5.69 Å². The van der Waals surface area contributed by atoms with Crippen molar-refractivity contribution >= 4 is 23.2 Å². The van der Waals surface area contributed by atoms with Gasteiger partial charge in [0, 0.05) is 23.9 Å². The van der Waals surface area contributed by atoms with Crippen LogP contribution in [0.25, 0.3) is 11.3 Å². The lowest BCUT2D eigenvalue weighted by Gasteiger charge is -2.09. The Balaban J connectivity index is 1.77. The number of nitrogens with two attached hydrogens (primary N) is 1. The van der Waals surface area contributed by atoms with Gasteiger partial charge in [-0.25, -0.2) is 9.78 Å². The van der Waals surface area contributed by atoms with E-state index in [1.165, 1.54) is 6.07 Å². The Labute approximate surface area is 155 Å². The van der Waals surface area contributed by atoms with E-state index in [-0.39, 0.29) is 5.69 Å². The van der Waals surface area contributed by atoms with Crippen molar-refractivity contribution in [2.75, 3.05) is 10.6 Å². The van der Waals surface area contributed by atoms with Gasteiger partial charge < -0.3 is 16.4 Å². The number of rotatable bonds is 6. The van der Waals surface area contributed by atoms with Gasteiger partial charge in [0.2, 0.25) is 0 Å². The minimum absolute atomic E-state index is 0.0476. The molecule has 8 nitrogen and oxygen atoms in total. The highest BCUT2D eigenvalue weighted by molar-refractivity contribution is 5.87. The number of hydrogen-bond acceptors (Lipinski definition) is 5. The molecule has 0 aliphatic heterocycles.